The van der Waals surface area contributed by atoms with Gasteiger partial charge in [0.25, 0.3) is 0 Å². The highest BCUT2D eigenvalue weighted by molar-refractivity contribution is 5.26. The highest BCUT2D eigenvalue weighted by Gasteiger charge is 2.31. The normalized spacial score (nSPS) is 27.6. The minimum absolute atomic E-state index is 0.619. The summed E-state index contributed by atoms with van der Waals surface area (Å²) in [6.07, 6.45) is 19.2. The number of allylic oxidation sites excluding steroid dienone is 2. The summed E-state index contributed by atoms with van der Waals surface area (Å²) in [6.45, 7) is 2.27. The molecule has 0 aliphatic heterocycles. The van der Waals surface area contributed by atoms with Crippen molar-refractivity contribution in [1.29, 1.82) is 5.26 Å². The van der Waals surface area contributed by atoms with Crippen molar-refractivity contribution in [2.24, 2.45) is 17.8 Å². The van der Waals surface area contributed by atoms with Gasteiger partial charge in [-0.1, -0.05) is 56.9 Å². The molecular formula is C28H40FN. The average molecular weight is 410 g/mol. The zero-order chi connectivity index (χ0) is 21.2. The van der Waals surface area contributed by atoms with Crippen molar-refractivity contribution in [2.45, 2.75) is 103 Å². The molecule has 0 spiro atoms. The molecule has 0 bridgehead atoms. The molecular weight excluding hydrogens is 369 g/mol. The van der Waals surface area contributed by atoms with Crippen molar-refractivity contribution < 1.29 is 4.39 Å². The summed E-state index contributed by atoms with van der Waals surface area (Å²) in [5.41, 5.74) is 3.07. The summed E-state index contributed by atoms with van der Waals surface area (Å²) in [7, 11) is 0. The van der Waals surface area contributed by atoms with E-state index in [1.807, 2.05) is 0 Å². The van der Waals surface area contributed by atoms with Crippen molar-refractivity contribution >= 4 is 0 Å². The highest BCUT2D eigenvalue weighted by atomic mass is 19.1. The molecule has 0 aromatic heterocycles. The van der Waals surface area contributed by atoms with Crippen LogP contribution in [0.2, 0.25) is 0 Å². The number of benzene rings is 1. The molecule has 0 atom stereocenters. The second kappa shape index (κ2) is 12.3. The molecule has 1 aromatic rings. The summed E-state index contributed by atoms with van der Waals surface area (Å²) in [5, 5.41) is 8.50. The molecule has 0 saturated heterocycles. The number of unbranched alkanes of at least 4 members (excludes halogenated alkanes) is 2. The molecule has 2 aliphatic rings. The third-order valence-corrected chi connectivity index (χ3v) is 7.86. The average Bonchev–Trinajstić information content (AvgIpc) is 2.80. The van der Waals surface area contributed by atoms with E-state index in [1.165, 1.54) is 88.7 Å². The van der Waals surface area contributed by atoms with Crippen molar-refractivity contribution in [3.8, 4) is 6.07 Å². The molecule has 3 rings (SSSR count). The van der Waals surface area contributed by atoms with Crippen molar-refractivity contribution in [1.82, 2.24) is 0 Å². The number of halogens is 1. The summed E-state index contributed by atoms with van der Waals surface area (Å²) in [4.78, 5) is 0. The Hall–Kier alpha value is -1.62. The van der Waals surface area contributed by atoms with Gasteiger partial charge >= 0.3 is 0 Å². The molecule has 0 unspecified atom stereocenters. The summed E-state index contributed by atoms with van der Waals surface area (Å²) >= 11 is 0. The third-order valence-electron chi connectivity index (χ3n) is 7.86. The Morgan fingerprint density at radius 2 is 1.60 bits per heavy atom. The predicted molar refractivity (Wildman–Crippen MR) is 124 cm³/mol. The van der Waals surface area contributed by atoms with Gasteiger partial charge in [0.05, 0.1) is 0 Å². The Morgan fingerprint density at radius 1 is 0.967 bits per heavy atom. The van der Waals surface area contributed by atoms with Crippen molar-refractivity contribution in [3.63, 3.8) is 0 Å². The van der Waals surface area contributed by atoms with E-state index in [2.05, 4.69) is 31.2 Å². The first kappa shape index (κ1) is 23.1. The summed E-state index contributed by atoms with van der Waals surface area (Å²) in [5.74, 6) is 2.72. The zero-order valence-electron chi connectivity index (χ0n) is 18.9. The number of hydrogen-bond donors (Lipinski definition) is 0. The topological polar surface area (TPSA) is 23.8 Å². The van der Waals surface area contributed by atoms with E-state index in [0.29, 0.717) is 0 Å². The van der Waals surface area contributed by atoms with Gasteiger partial charge in [-0.2, -0.15) is 9.65 Å². The fourth-order valence-corrected chi connectivity index (χ4v) is 5.90. The van der Waals surface area contributed by atoms with Crippen LogP contribution < -0.4 is 0 Å². The molecule has 0 radical (unpaired) electrons. The SMILES string of the molecule is CCCCCc1ccc(C2CCC(C3CCC(CCC=C(F)C#N)CC3)CC2)cc1. The molecule has 164 valence electrons. The van der Waals surface area contributed by atoms with Crippen LogP contribution in [0.5, 0.6) is 0 Å². The third kappa shape index (κ3) is 6.97. The van der Waals surface area contributed by atoms with Crippen LogP contribution in [0.1, 0.15) is 107 Å². The Balaban J connectivity index is 1.37. The van der Waals surface area contributed by atoms with Gasteiger partial charge in [-0.05, 0) is 105 Å². The quantitative estimate of drug-likeness (QED) is 0.296. The monoisotopic (exact) mass is 409 g/mol. The van der Waals surface area contributed by atoms with E-state index >= 15 is 0 Å². The number of nitrogens with zero attached hydrogens (tertiary/aromatic N) is 1. The molecule has 2 heteroatoms. The maximum atomic E-state index is 12.9. The molecule has 2 fully saturated rings. The van der Waals surface area contributed by atoms with Crippen molar-refractivity contribution in [2.75, 3.05) is 0 Å². The van der Waals surface area contributed by atoms with Crippen LogP contribution in [-0.4, -0.2) is 0 Å². The van der Waals surface area contributed by atoms with E-state index in [4.69, 9.17) is 5.26 Å². The smallest absolute Gasteiger partial charge is 0.195 e. The number of rotatable bonds is 9. The largest absolute Gasteiger partial charge is 0.196 e. The van der Waals surface area contributed by atoms with Gasteiger partial charge in [0, 0.05) is 0 Å². The van der Waals surface area contributed by atoms with Crippen LogP contribution in [-0.2, 0) is 6.42 Å². The number of aryl methyl sites for hydroxylation is 1. The molecule has 2 saturated carbocycles. The van der Waals surface area contributed by atoms with Crippen LogP contribution in [0.4, 0.5) is 4.39 Å². The molecule has 30 heavy (non-hydrogen) atoms. The Kier molecular flexibility index (Phi) is 9.44. The van der Waals surface area contributed by atoms with Gasteiger partial charge in [-0.3, -0.25) is 0 Å². The fourth-order valence-electron chi connectivity index (χ4n) is 5.90. The summed E-state index contributed by atoms with van der Waals surface area (Å²) < 4.78 is 12.9. The number of hydrogen-bond acceptors (Lipinski definition) is 1. The first-order valence-corrected chi connectivity index (χ1v) is 12.5. The van der Waals surface area contributed by atoms with Gasteiger partial charge in [0.15, 0.2) is 5.83 Å². The van der Waals surface area contributed by atoms with Crippen LogP contribution in [0, 0.1) is 29.1 Å². The zero-order valence-corrected chi connectivity index (χ0v) is 18.9. The highest BCUT2D eigenvalue weighted by Crippen LogP contribution is 2.44. The molecule has 0 N–H and O–H groups in total. The van der Waals surface area contributed by atoms with Crippen LogP contribution in [0.3, 0.4) is 0 Å². The van der Waals surface area contributed by atoms with E-state index in [0.717, 1.165) is 36.5 Å². The molecule has 1 aromatic carbocycles. The van der Waals surface area contributed by atoms with Crippen LogP contribution in [0.15, 0.2) is 36.2 Å². The van der Waals surface area contributed by atoms with Crippen LogP contribution >= 0.6 is 0 Å². The first-order valence-electron chi connectivity index (χ1n) is 12.5. The van der Waals surface area contributed by atoms with Gasteiger partial charge in [0.1, 0.15) is 6.07 Å². The number of nitriles is 1. The lowest BCUT2D eigenvalue weighted by Gasteiger charge is -2.38. The van der Waals surface area contributed by atoms with Gasteiger partial charge < -0.3 is 0 Å². The van der Waals surface area contributed by atoms with Gasteiger partial charge in [-0.25, -0.2) is 0 Å². The van der Waals surface area contributed by atoms with Gasteiger partial charge in [-0.15, -0.1) is 0 Å². The van der Waals surface area contributed by atoms with E-state index in [1.54, 1.807) is 11.6 Å². The Bertz CT molecular complexity index is 682. The molecule has 0 amide bonds. The van der Waals surface area contributed by atoms with Gasteiger partial charge in [0.2, 0.25) is 0 Å². The van der Waals surface area contributed by atoms with E-state index in [9.17, 15) is 4.39 Å². The lowest BCUT2D eigenvalue weighted by molar-refractivity contribution is 0.157. The second-order valence-electron chi connectivity index (χ2n) is 9.83. The Morgan fingerprint density at radius 3 is 2.20 bits per heavy atom. The first-order chi connectivity index (χ1) is 14.7. The summed E-state index contributed by atoms with van der Waals surface area (Å²) in [6, 6.07) is 11.1. The minimum atomic E-state index is -0.619. The maximum Gasteiger partial charge on any atom is 0.196 e. The van der Waals surface area contributed by atoms with E-state index < -0.39 is 5.83 Å². The van der Waals surface area contributed by atoms with Crippen LogP contribution in [0.25, 0.3) is 0 Å². The lowest BCUT2D eigenvalue weighted by Crippen LogP contribution is -2.25. The van der Waals surface area contributed by atoms with E-state index in [-0.39, 0.29) is 0 Å². The molecule has 0 heterocycles. The predicted octanol–water partition coefficient (Wildman–Crippen LogP) is 8.66. The second-order valence-corrected chi connectivity index (χ2v) is 9.83. The Labute approximate surface area is 183 Å². The van der Waals surface area contributed by atoms with Crippen molar-refractivity contribution in [3.05, 3.63) is 47.3 Å². The molecule has 1 nitrogen and oxygen atoms in total. The minimum Gasteiger partial charge on any atom is -0.195 e. The molecule has 2 aliphatic carbocycles. The lowest BCUT2D eigenvalue weighted by atomic mass is 9.68. The standard InChI is InChI=1S/C28H40FN/c1-2-3-4-6-22-9-13-24(14-10-22)26-17-19-27(20-18-26)25-15-11-23(12-16-25)7-5-8-28(29)21-30/h8-10,13-14,23,25-27H,2-7,11-12,15-20H2,1H3. The fraction of sp³-hybridized carbons (Fsp3) is 0.679. The maximum absolute atomic E-state index is 12.9.